The molecule has 2 aliphatic rings. The molecule has 7 nitrogen and oxygen atoms in total. The van der Waals surface area contributed by atoms with Crippen molar-refractivity contribution in [1.82, 2.24) is 4.90 Å². The minimum absolute atomic E-state index is 0.115. The van der Waals surface area contributed by atoms with Crippen LogP contribution in [0.1, 0.15) is 41.6 Å². The molecule has 2 aliphatic heterocycles. The van der Waals surface area contributed by atoms with Gasteiger partial charge in [0.15, 0.2) is 11.5 Å². The lowest BCUT2D eigenvalue weighted by Gasteiger charge is -2.30. The van der Waals surface area contributed by atoms with Gasteiger partial charge in [-0.2, -0.15) is 0 Å². The maximum atomic E-state index is 12.9. The highest BCUT2D eigenvalue weighted by Crippen LogP contribution is 2.38. The average molecular weight is 431 g/mol. The molecule has 0 bridgehead atoms. The lowest BCUT2D eigenvalue weighted by molar-refractivity contribution is -0.125. The zero-order chi connectivity index (χ0) is 21.3. The van der Waals surface area contributed by atoms with Crippen LogP contribution in [0.25, 0.3) is 0 Å². The first kappa shape index (κ1) is 20.7. The molecule has 0 aliphatic carbocycles. The van der Waals surface area contributed by atoms with E-state index in [2.05, 4.69) is 24.1 Å². The molecule has 0 saturated carbocycles. The topological polar surface area (TPSA) is 77.1 Å². The third kappa shape index (κ3) is 4.02. The van der Waals surface area contributed by atoms with E-state index in [-0.39, 0.29) is 19.1 Å². The molecule has 160 valence electrons. The van der Waals surface area contributed by atoms with Crippen LogP contribution >= 0.6 is 11.3 Å². The van der Waals surface area contributed by atoms with E-state index in [1.807, 2.05) is 12.1 Å². The molecule has 0 fully saturated rings. The number of fused-ring (bicyclic) bond motifs is 2. The predicted octanol–water partition coefficient (Wildman–Crippen LogP) is 3.47. The van der Waals surface area contributed by atoms with Gasteiger partial charge in [0, 0.05) is 24.0 Å². The third-order valence-electron chi connectivity index (χ3n) is 5.33. The first-order valence-corrected chi connectivity index (χ1v) is 11.0. The second kappa shape index (κ2) is 8.65. The molecule has 4 rings (SSSR count). The molecule has 1 unspecified atom stereocenters. The fraction of sp³-hybridized carbons (Fsp3) is 0.455. The molecule has 0 saturated heterocycles. The van der Waals surface area contributed by atoms with Crippen molar-refractivity contribution in [2.45, 2.75) is 45.9 Å². The highest BCUT2D eigenvalue weighted by atomic mass is 32.1. The number of hydrogen-bond acceptors (Lipinski definition) is 7. The van der Waals surface area contributed by atoms with Crippen molar-refractivity contribution in [3.8, 4) is 11.5 Å². The Kier molecular flexibility index (Phi) is 5.97. The molecule has 2 aromatic rings. The van der Waals surface area contributed by atoms with Crippen molar-refractivity contribution in [3.63, 3.8) is 0 Å². The number of amides is 1. The number of carbonyl (C=O) groups excluding carboxylic acids is 2. The summed E-state index contributed by atoms with van der Waals surface area (Å²) in [6.07, 6.45) is -0.0361. The number of thiophene rings is 1. The van der Waals surface area contributed by atoms with Crippen molar-refractivity contribution >= 4 is 28.2 Å². The van der Waals surface area contributed by atoms with Gasteiger partial charge in [0.05, 0.1) is 12.2 Å². The Morgan fingerprint density at radius 1 is 1.30 bits per heavy atom. The van der Waals surface area contributed by atoms with Gasteiger partial charge in [0.25, 0.3) is 5.91 Å². The summed E-state index contributed by atoms with van der Waals surface area (Å²) in [4.78, 5) is 29.1. The molecule has 1 amide bonds. The third-order valence-corrected chi connectivity index (χ3v) is 6.47. The van der Waals surface area contributed by atoms with Crippen LogP contribution in [0.15, 0.2) is 24.3 Å². The number of nitrogens with zero attached hydrogens (tertiary/aromatic N) is 1. The molecule has 1 atom stereocenters. The Morgan fingerprint density at radius 2 is 2.07 bits per heavy atom. The molecular weight excluding hydrogens is 404 g/mol. The first-order chi connectivity index (χ1) is 14.5. The smallest absolute Gasteiger partial charge is 0.341 e. The van der Waals surface area contributed by atoms with Crippen LogP contribution in [0.2, 0.25) is 0 Å². The highest BCUT2D eigenvalue weighted by molar-refractivity contribution is 7.17. The Hall–Kier alpha value is -2.58. The number of rotatable bonds is 5. The normalized spacial score (nSPS) is 18.1. The van der Waals surface area contributed by atoms with Gasteiger partial charge < -0.3 is 19.5 Å². The highest BCUT2D eigenvalue weighted by Gasteiger charge is 2.33. The average Bonchev–Trinajstić information content (AvgIpc) is 3.10. The van der Waals surface area contributed by atoms with Gasteiger partial charge in [0.2, 0.25) is 6.10 Å². The number of benzene rings is 1. The van der Waals surface area contributed by atoms with E-state index in [0.29, 0.717) is 28.1 Å². The van der Waals surface area contributed by atoms with E-state index in [9.17, 15) is 9.59 Å². The van der Waals surface area contributed by atoms with Gasteiger partial charge in [-0.15, -0.1) is 11.3 Å². The van der Waals surface area contributed by atoms with Crippen LogP contribution in [0.4, 0.5) is 5.00 Å². The van der Waals surface area contributed by atoms with Crippen LogP contribution in [0, 0.1) is 0 Å². The number of carbonyl (C=O) groups is 2. The fourth-order valence-corrected chi connectivity index (χ4v) is 4.98. The number of ether oxygens (including phenoxy) is 3. The van der Waals surface area contributed by atoms with Crippen LogP contribution in [-0.4, -0.2) is 48.7 Å². The Bertz CT molecular complexity index is 955. The van der Waals surface area contributed by atoms with E-state index in [0.717, 1.165) is 30.0 Å². The van der Waals surface area contributed by atoms with Crippen molar-refractivity contribution in [2.24, 2.45) is 0 Å². The van der Waals surface area contributed by atoms with Crippen molar-refractivity contribution in [1.29, 1.82) is 0 Å². The number of anilines is 1. The van der Waals surface area contributed by atoms with Crippen molar-refractivity contribution < 1.29 is 23.8 Å². The number of esters is 1. The number of nitrogens with one attached hydrogen (secondary N) is 1. The summed E-state index contributed by atoms with van der Waals surface area (Å²) in [5.41, 5.74) is 1.46. The Morgan fingerprint density at radius 3 is 2.80 bits per heavy atom. The SMILES string of the molecule is CCOC(=O)c1c(NC(=O)C2COc3ccccc3O2)sc2c1CCN(C(C)C)C2. The van der Waals surface area contributed by atoms with E-state index >= 15 is 0 Å². The predicted molar refractivity (Wildman–Crippen MR) is 115 cm³/mol. The van der Waals surface area contributed by atoms with Gasteiger partial charge in [-0.3, -0.25) is 9.69 Å². The Balaban J connectivity index is 1.57. The fourth-order valence-electron chi connectivity index (χ4n) is 3.71. The quantitative estimate of drug-likeness (QED) is 0.732. The molecule has 0 radical (unpaired) electrons. The summed E-state index contributed by atoms with van der Waals surface area (Å²) in [7, 11) is 0. The van der Waals surface area contributed by atoms with Crippen LogP contribution in [-0.2, 0) is 22.5 Å². The molecule has 1 aromatic heterocycles. The molecule has 1 N–H and O–H groups in total. The monoisotopic (exact) mass is 430 g/mol. The molecule has 0 spiro atoms. The summed E-state index contributed by atoms with van der Waals surface area (Å²) >= 11 is 1.44. The van der Waals surface area contributed by atoms with E-state index in [1.54, 1.807) is 19.1 Å². The molecule has 1 aromatic carbocycles. The Labute approximate surface area is 179 Å². The van der Waals surface area contributed by atoms with Gasteiger partial charge >= 0.3 is 5.97 Å². The van der Waals surface area contributed by atoms with Gasteiger partial charge in [0.1, 0.15) is 11.6 Å². The van der Waals surface area contributed by atoms with Crippen molar-refractivity contribution in [3.05, 3.63) is 40.3 Å². The lowest BCUT2D eigenvalue weighted by Crippen LogP contribution is -2.40. The second-order valence-electron chi connectivity index (χ2n) is 7.60. The minimum Gasteiger partial charge on any atom is -0.485 e. The molecule has 3 heterocycles. The molecule has 30 heavy (non-hydrogen) atoms. The summed E-state index contributed by atoms with van der Waals surface area (Å²) in [6, 6.07) is 7.66. The second-order valence-corrected chi connectivity index (χ2v) is 8.70. The van der Waals surface area contributed by atoms with E-state index < -0.39 is 12.1 Å². The van der Waals surface area contributed by atoms with Gasteiger partial charge in [-0.25, -0.2) is 4.79 Å². The maximum Gasteiger partial charge on any atom is 0.341 e. The van der Waals surface area contributed by atoms with E-state index in [4.69, 9.17) is 14.2 Å². The van der Waals surface area contributed by atoms with E-state index in [1.165, 1.54) is 11.3 Å². The zero-order valence-electron chi connectivity index (χ0n) is 17.4. The summed E-state index contributed by atoms with van der Waals surface area (Å²) in [5.74, 6) is 0.422. The van der Waals surface area contributed by atoms with Crippen LogP contribution < -0.4 is 14.8 Å². The minimum atomic E-state index is -0.791. The van der Waals surface area contributed by atoms with Crippen molar-refractivity contribution in [2.75, 3.05) is 25.1 Å². The van der Waals surface area contributed by atoms with Gasteiger partial charge in [-0.1, -0.05) is 12.1 Å². The standard InChI is InChI=1S/C22H26N2O5S/c1-4-27-22(26)19-14-9-10-24(13(2)3)11-18(14)30-21(19)23-20(25)17-12-28-15-7-5-6-8-16(15)29-17/h5-8,13,17H,4,9-12H2,1-3H3,(H,23,25). The largest absolute Gasteiger partial charge is 0.485 e. The maximum absolute atomic E-state index is 12.9. The number of para-hydroxylation sites is 2. The lowest BCUT2D eigenvalue weighted by atomic mass is 10.0. The summed E-state index contributed by atoms with van der Waals surface area (Å²) in [6.45, 7) is 8.13. The summed E-state index contributed by atoms with van der Waals surface area (Å²) in [5, 5.41) is 3.43. The molecular formula is C22H26N2O5S. The number of hydrogen-bond donors (Lipinski definition) is 1. The van der Waals surface area contributed by atoms with Crippen LogP contribution in [0.5, 0.6) is 11.5 Å². The van der Waals surface area contributed by atoms with Gasteiger partial charge in [-0.05, 0) is 44.9 Å². The first-order valence-electron chi connectivity index (χ1n) is 10.2. The zero-order valence-corrected chi connectivity index (χ0v) is 18.2. The molecule has 8 heteroatoms. The van der Waals surface area contributed by atoms with Crippen LogP contribution in [0.3, 0.4) is 0 Å². The summed E-state index contributed by atoms with van der Waals surface area (Å²) < 4.78 is 16.7.